The van der Waals surface area contributed by atoms with Crippen molar-refractivity contribution in [2.75, 3.05) is 6.61 Å². The summed E-state index contributed by atoms with van der Waals surface area (Å²) in [4.78, 5) is 0. The van der Waals surface area contributed by atoms with Crippen molar-refractivity contribution in [3.8, 4) is 0 Å². The fourth-order valence-electron chi connectivity index (χ4n) is 1.52. The van der Waals surface area contributed by atoms with E-state index in [1.54, 1.807) is 6.92 Å². The summed E-state index contributed by atoms with van der Waals surface area (Å²) < 4.78 is 5.17. The molecule has 5 atom stereocenters. The highest BCUT2D eigenvalue weighted by Gasteiger charge is 2.42. The van der Waals surface area contributed by atoms with E-state index in [-0.39, 0.29) is 6.61 Å². The summed E-state index contributed by atoms with van der Waals surface area (Å²) in [7, 11) is 0. The highest BCUT2D eigenvalue weighted by Crippen LogP contribution is 2.22. The molecule has 0 radical (unpaired) electrons. The molecule has 2 unspecified atom stereocenters. The number of rotatable bonds is 2. The van der Waals surface area contributed by atoms with Gasteiger partial charge in [0.15, 0.2) is 0 Å². The number of hydrogen-bond acceptors (Lipinski definition) is 5. The molecule has 0 aromatic heterocycles. The Labute approximate surface area is 76.6 Å². The molecule has 1 aliphatic rings. The quantitative estimate of drug-likeness (QED) is 0.416. The minimum absolute atomic E-state index is 0.360. The Balaban J connectivity index is 2.66. The van der Waals surface area contributed by atoms with Gasteiger partial charge >= 0.3 is 0 Å². The molecule has 0 aromatic rings. The van der Waals surface area contributed by atoms with Crippen LogP contribution in [0.1, 0.15) is 13.3 Å². The van der Waals surface area contributed by atoms with Crippen LogP contribution in [0.15, 0.2) is 0 Å². The molecule has 0 spiro atoms. The topological polar surface area (TPSA) is 90.2 Å². The third-order valence-electron chi connectivity index (χ3n) is 2.39. The molecule has 0 saturated carbocycles. The van der Waals surface area contributed by atoms with Crippen LogP contribution >= 0.6 is 0 Å². The van der Waals surface area contributed by atoms with Crippen molar-refractivity contribution in [1.29, 1.82) is 0 Å². The fraction of sp³-hybridized carbons (Fsp3) is 1.00. The zero-order valence-electron chi connectivity index (χ0n) is 7.50. The third kappa shape index (κ3) is 2.00. The van der Waals surface area contributed by atoms with Gasteiger partial charge in [-0.2, -0.15) is 0 Å². The molecule has 13 heavy (non-hydrogen) atoms. The molecule has 0 bridgehead atoms. The van der Waals surface area contributed by atoms with Crippen LogP contribution in [0.5, 0.6) is 0 Å². The van der Waals surface area contributed by atoms with Crippen molar-refractivity contribution in [3.63, 3.8) is 0 Å². The van der Waals surface area contributed by atoms with Crippen molar-refractivity contribution in [1.82, 2.24) is 0 Å². The Morgan fingerprint density at radius 3 is 2.00 bits per heavy atom. The minimum Gasteiger partial charge on any atom is -0.394 e. The summed E-state index contributed by atoms with van der Waals surface area (Å²) in [5.74, 6) is 0. The zero-order valence-corrected chi connectivity index (χ0v) is 7.50. The van der Waals surface area contributed by atoms with Gasteiger partial charge in [-0.3, -0.25) is 0 Å². The number of hydrogen-bond donors (Lipinski definition) is 4. The van der Waals surface area contributed by atoms with Crippen LogP contribution in [-0.4, -0.2) is 57.6 Å². The maximum absolute atomic E-state index is 9.40. The summed E-state index contributed by atoms with van der Waals surface area (Å²) in [6.45, 7) is 1.44. The Kier molecular flexibility index (Phi) is 3.63. The van der Waals surface area contributed by atoms with E-state index in [4.69, 9.17) is 9.84 Å². The van der Waals surface area contributed by atoms with E-state index in [1.165, 1.54) is 0 Å². The van der Waals surface area contributed by atoms with Crippen LogP contribution in [0.3, 0.4) is 0 Å². The molecule has 1 rings (SSSR count). The van der Waals surface area contributed by atoms with Gasteiger partial charge in [0.1, 0.15) is 24.4 Å². The van der Waals surface area contributed by atoms with Crippen LogP contribution < -0.4 is 0 Å². The summed E-state index contributed by atoms with van der Waals surface area (Å²) in [6.07, 6.45) is -4.33. The van der Waals surface area contributed by atoms with Gasteiger partial charge in [-0.15, -0.1) is 0 Å². The molecular weight excluding hydrogens is 176 g/mol. The molecule has 1 aliphatic heterocycles. The van der Waals surface area contributed by atoms with Crippen molar-refractivity contribution >= 4 is 0 Å². The molecule has 4 N–H and O–H groups in total. The van der Waals surface area contributed by atoms with Gasteiger partial charge in [-0.05, 0) is 6.42 Å². The molecule has 1 heterocycles. The van der Waals surface area contributed by atoms with Crippen molar-refractivity contribution in [3.05, 3.63) is 0 Å². The number of aliphatic hydroxyl groups excluding tert-OH is 4. The van der Waals surface area contributed by atoms with E-state index in [1.807, 2.05) is 0 Å². The van der Waals surface area contributed by atoms with Crippen molar-refractivity contribution in [2.45, 2.75) is 43.9 Å². The second-order valence-electron chi connectivity index (χ2n) is 3.28. The maximum Gasteiger partial charge on any atom is 0.111 e. The third-order valence-corrected chi connectivity index (χ3v) is 2.39. The summed E-state index contributed by atoms with van der Waals surface area (Å²) in [5, 5.41) is 36.9. The smallest absolute Gasteiger partial charge is 0.111 e. The molecule has 78 valence electrons. The van der Waals surface area contributed by atoms with E-state index in [2.05, 4.69) is 0 Å². The lowest BCUT2D eigenvalue weighted by Crippen LogP contribution is -2.58. The van der Waals surface area contributed by atoms with Gasteiger partial charge in [0, 0.05) is 0 Å². The van der Waals surface area contributed by atoms with E-state index in [0.29, 0.717) is 6.42 Å². The van der Waals surface area contributed by atoms with Crippen LogP contribution in [0.4, 0.5) is 0 Å². The van der Waals surface area contributed by atoms with Gasteiger partial charge in [0.25, 0.3) is 0 Å². The van der Waals surface area contributed by atoms with Gasteiger partial charge < -0.3 is 25.2 Å². The summed E-state index contributed by atoms with van der Waals surface area (Å²) in [6, 6.07) is 0. The lowest BCUT2D eigenvalue weighted by atomic mass is 9.94. The fourth-order valence-corrected chi connectivity index (χ4v) is 1.52. The first kappa shape index (κ1) is 10.9. The molecular formula is C8H16O5. The Bertz CT molecular complexity index is 143. The first-order valence-corrected chi connectivity index (χ1v) is 4.42. The molecule has 1 saturated heterocycles. The Morgan fingerprint density at radius 2 is 1.54 bits per heavy atom. The zero-order chi connectivity index (χ0) is 10.0. The van der Waals surface area contributed by atoms with Gasteiger partial charge in [0.2, 0.25) is 0 Å². The normalized spacial score (nSPS) is 46.4. The van der Waals surface area contributed by atoms with E-state index in [0.717, 1.165) is 0 Å². The predicted octanol–water partition coefficient (Wildman–Crippen LogP) is -1.76. The monoisotopic (exact) mass is 192 g/mol. The van der Waals surface area contributed by atoms with Gasteiger partial charge in [-0.25, -0.2) is 0 Å². The van der Waals surface area contributed by atoms with Gasteiger partial charge in [-0.1, -0.05) is 6.92 Å². The largest absolute Gasteiger partial charge is 0.394 e. The molecule has 0 amide bonds. The Hall–Kier alpha value is -0.200. The standard InChI is InChI=1S/C8H16O5/c1-2-4-6(10)8(12)7(11)5(3-9)13-4/h4-12H,2-3H2,1H3/t4-,5?,6?,7+,8-/m0/s1. The first-order valence-electron chi connectivity index (χ1n) is 4.42. The van der Waals surface area contributed by atoms with Crippen LogP contribution in [0.25, 0.3) is 0 Å². The highest BCUT2D eigenvalue weighted by molar-refractivity contribution is 4.91. The van der Waals surface area contributed by atoms with E-state index in [9.17, 15) is 15.3 Å². The minimum atomic E-state index is -1.24. The number of aliphatic hydroxyl groups is 4. The Morgan fingerprint density at radius 1 is 1.00 bits per heavy atom. The van der Waals surface area contributed by atoms with Crippen molar-refractivity contribution < 1.29 is 25.2 Å². The molecule has 1 fully saturated rings. The van der Waals surface area contributed by atoms with Crippen molar-refractivity contribution in [2.24, 2.45) is 0 Å². The molecule has 0 aromatic carbocycles. The maximum atomic E-state index is 9.40. The second kappa shape index (κ2) is 4.34. The summed E-state index contributed by atoms with van der Waals surface area (Å²) in [5.41, 5.74) is 0. The molecule has 5 nitrogen and oxygen atoms in total. The lowest BCUT2D eigenvalue weighted by molar-refractivity contribution is -0.229. The second-order valence-corrected chi connectivity index (χ2v) is 3.28. The molecule has 0 aliphatic carbocycles. The lowest BCUT2D eigenvalue weighted by Gasteiger charge is -2.39. The first-order chi connectivity index (χ1) is 6.11. The van der Waals surface area contributed by atoms with E-state index >= 15 is 0 Å². The van der Waals surface area contributed by atoms with Crippen LogP contribution in [0.2, 0.25) is 0 Å². The SMILES string of the molecule is CC[C@@H]1OC(CO)[C@@H](O)[C@@H](O)C1O. The molecule has 5 heteroatoms. The predicted molar refractivity (Wildman–Crippen MR) is 44.1 cm³/mol. The summed E-state index contributed by atoms with van der Waals surface area (Å²) >= 11 is 0. The average molecular weight is 192 g/mol. The van der Waals surface area contributed by atoms with Crippen LogP contribution in [-0.2, 0) is 4.74 Å². The van der Waals surface area contributed by atoms with Crippen LogP contribution in [0, 0.1) is 0 Å². The average Bonchev–Trinajstić information content (AvgIpc) is 2.15. The highest BCUT2D eigenvalue weighted by atomic mass is 16.5. The van der Waals surface area contributed by atoms with Gasteiger partial charge in [0.05, 0.1) is 12.7 Å². The number of ether oxygens (including phenoxy) is 1. The van der Waals surface area contributed by atoms with E-state index < -0.39 is 30.5 Å².